The van der Waals surface area contributed by atoms with Gasteiger partial charge in [-0.15, -0.1) is 0 Å². The number of hydrogen-bond acceptors (Lipinski definition) is 1. The molecular weight excluding hydrogens is 387 g/mol. The summed E-state index contributed by atoms with van der Waals surface area (Å²) >= 11 is 0. The van der Waals surface area contributed by atoms with E-state index in [2.05, 4.69) is 42.0 Å². The van der Waals surface area contributed by atoms with Gasteiger partial charge in [-0.05, 0) is 38.5 Å². The van der Waals surface area contributed by atoms with Gasteiger partial charge in [0, 0.05) is 13.2 Å². The van der Waals surface area contributed by atoms with E-state index in [0.717, 1.165) is 22.2 Å². The summed E-state index contributed by atoms with van der Waals surface area (Å²) in [5.74, 6) is 0. The number of rotatable bonds is 14. The maximum atomic E-state index is 5.77. The fourth-order valence-corrected chi connectivity index (χ4v) is 3.02. The Balaban J connectivity index is 0. The molecule has 4 heteroatoms. The van der Waals surface area contributed by atoms with Gasteiger partial charge >= 0.3 is 0 Å². The fourth-order valence-electron chi connectivity index (χ4n) is 3.02. The summed E-state index contributed by atoms with van der Waals surface area (Å²) in [6, 6.07) is 0. The number of nitrogens with zero attached hydrogens (tertiary/aromatic N) is 2. The van der Waals surface area contributed by atoms with Crippen molar-refractivity contribution in [2.45, 2.75) is 52.4 Å². The molecule has 0 radical (unpaired) electrons. The van der Waals surface area contributed by atoms with Crippen LogP contribution in [0.15, 0.2) is 0 Å². The van der Waals surface area contributed by atoms with Crippen LogP contribution in [0.5, 0.6) is 0 Å². The lowest BCUT2D eigenvalue weighted by Crippen LogP contribution is -3.00. The molecular formula is C18H42IN2O+. The molecule has 0 amide bonds. The highest BCUT2D eigenvalue weighted by molar-refractivity contribution is 4.43. The van der Waals surface area contributed by atoms with Crippen molar-refractivity contribution in [1.29, 1.82) is 0 Å². The molecule has 0 atom stereocenters. The lowest BCUT2D eigenvalue weighted by Gasteiger charge is -2.29. The summed E-state index contributed by atoms with van der Waals surface area (Å²) in [4.78, 5) is 0. The Kier molecular flexibility index (Phi) is 15.8. The molecule has 0 aromatic rings. The second kappa shape index (κ2) is 14.0. The van der Waals surface area contributed by atoms with Crippen LogP contribution in [0.4, 0.5) is 0 Å². The Morgan fingerprint density at radius 1 is 0.591 bits per heavy atom. The van der Waals surface area contributed by atoms with Gasteiger partial charge in [-0.3, -0.25) is 0 Å². The van der Waals surface area contributed by atoms with Gasteiger partial charge in [-0.1, -0.05) is 13.8 Å². The molecule has 3 nitrogen and oxygen atoms in total. The van der Waals surface area contributed by atoms with Crippen molar-refractivity contribution < 1.29 is 37.7 Å². The molecule has 0 aliphatic carbocycles. The van der Waals surface area contributed by atoms with Gasteiger partial charge in [-0.2, -0.15) is 0 Å². The molecule has 22 heavy (non-hydrogen) atoms. The van der Waals surface area contributed by atoms with Crippen molar-refractivity contribution >= 4 is 0 Å². The van der Waals surface area contributed by atoms with Crippen molar-refractivity contribution in [3.8, 4) is 0 Å². The molecule has 0 saturated carbocycles. The second-order valence-corrected chi connectivity index (χ2v) is 7.79. The Bertz CT molecular complexity index is 221. The van der Waals surface area contributed by atoms with E-state index in [9.17, 15) is 0 Å². The van der Waals surface area contributed by atoms with Crippen molar-refractivity contribution in [3.05, 3.63) is 0 Å². The van der Waals surface area contributed by atoms with Crippen LogP contribution in [-0.2, 0) is 4.74 Å². The first-order valence-corrected chi connectivity index (χ1v) is 9.05. The van der Waals surface area contributed by atoms with Crippen molar-refractivity contribution in [3.63, 3.8) is 0 Å². The number of quaternary nitrogens is 2. The Morgan fingerprint density at radius 3 is 1.27 bits per heavy atom. The smallest absolute Gasteiger partial charge is 0.0783 e. The summed E-state index contributed by atoms with van der Waals surface area (Å²) in [6.07, 6.45) is 7.54. The minimum Gasteiger partial charge on any atom is -1.00 e. The van der Waals surface area contributed by atoms with E-state index >= 15 is 0 Å². The van der Waals surface area contributed by atoms with E-state index in [1.807, 2.05) is 0 Å². The maximum Gasteiger partial charge on any atom is 0.0783 e. The first-order valence-electron chi connectivity index (χ1n) is 9.05. The largest absolute Gasteiger partial charge is 1.00 e. The highest BCUT2D eigenvalue weighted by atomic mass is 127. The van der Waals surface area contributed by atoms with E-state index in [1.54, 1.807) is 0 Å². The van der Waals surface area contributed by atoms with E-state index in [1.165, 1.54) is 64.7 Å². The minimum absolute atomic E-state index is 0. The molecule has 136 valence electrons. The van der Waals surface area contributed by atoms with Crippen molar-refractivity contribution in [2.75, 3.05) is 67.6 Å². The summed E-state index contributed by atoms with van der Waals surface area (Å²) in [5.41, 5.74) is 0. The molecule has 0 aliphatic rings. The SMILES string of the molecule is CCC[N+](C)(C)CCCCOCCCC[N+](C)(C)CCC.[I-]. The zero-order chi connectivity index (χ0) is 16.2. The van der Waals surface area contributed by atoms with Crippen LogP contribution in [0, 0.1) is 0 Å². The van der Waals surface area contributed by atoms with Crippen molar-refractivity contribution in [1.82, 2.24) is 0 Å². The maximum absolute atomic E-state index is 5.77. The van der Waals surface area contributed by atoms with Crippen molar-refractivity contribution in [2.24, 2.45) is 0 Å². The third kappa shape index (κ3) is 15.5. The topological polar surface area (TPSA) is 9.23 Å². The third-order valence-corrected chi connectivity index (χ3v) is 4.26. The van der Waals surface area contributed by atoms with Gasteiger partial charge in [0.1, 0.15) is 0 Å². The molecule has 0 unspecified atom stereocenters. The summed E-state index contributed by atoms with van der Waals surface area (Å²) in [5, 5.41) is 0. The van der Waals surface area contributed by atoms with Gasteiger partial charge in [0.15, 0.2) is 0 Å². The van der Waals surface area contributed by atoms with E-state index in [4.69, 9.17) is 4.74 Å². The van der Waals surface area contributed by atoms with Crippen LogP contribution in [0.2, 0.25) is 0 Å². The number of unbranched alkanes of at least 4 members (excludes halogenated alkanes) is 2. The Morgan fingerprint density at radius 2 is 0.955 bits per heavy atom. The number of hydrogen-bond donors (Lipinski definition) is 0. The first-order chi connectivity index (χ1) is 9.83. The normalized spacial score (nSPS) is 12.3. The van der Waals surface area contributed by atoms with Gasteiger partial charge in [0.05, 0.1) is 54.4 Å². The molecule has 0 fully saturated rings. The van der Waals surface area contributed by atoms with E-state index < -0.39 is 0 Å². The summed E-state index contributed by atoms with van der Waals surface area (Å²) in [7, 11) is 9.34. The molecule has 0 spiro atoms. The first kappa shape index (κ1) is 24.9. The van der Waals surface area contributed by atoms with Gasteiger partial charge in [0.25, 0.3) is 0 Å². The molecule has 0 bridgehead atoms. The molecule has 0 saturated heterocycles. The Labute approximate surface area is 157 Å². The van der Waals surface area contributed by atoms with Crippen LogP contribution in [0.25, 0.3) is 0 Å². The van der Waals surface area contributed by atoms with Crippen LogP contribution in [-0.4, -0.2) is 76.5 Å². The highest BCUT2D eigenvalue weighted by Gasteiger charge is 2.13. The lowest BCUT2D eigenvalue weighted by molar-refractivity contribution is -0.890. The lowest BCUT2D eigenvalue weighted by atomic mass is 10.2. The minimum atomic E-state index is 0. The van der Waals surface area contributed by atoms with E-state index in [-0.39, 0.29) is 24.0 Å². The van der Waals surface area contributed by atoms with Gasteiger partial charge < -0.3 is 37.7 Å². The van der Waals surface area contributed by atoms with Crippen LogP contribution < -0.4 is 24.0 Å². The van der Waals surface area contributed by atoms with Gasteiger partial charge in [-0.25, -0.2) is 0 Å². The number of halogens is 1. The zero-order valence-corrected chi connectivity index (χ0v) is 18.3. The van der Waals surface area contributed by atoms with E-state index in [0.29, 0.717) is 0 Å². The molecule has 0 rings (SSSR count). The standard InChI is InChI=1S/C18H42N2O.HI/c1-7-13-19(3,4)15-9-11-17-21-18-12-10-16-20(5,6)14-8-2;/h7-18H2,1-6H3;1H/q+2;/p-1. The monoisotopic (exact) mass is 429 g/mol. The fraction of sp³-hybridized carbons (Fsp3) is 1.00. The highest BCUT2D eigenvalue weighted by Crippen LogP contribution is 2.05. The second-order valence-electron chi connectivity index (χ2n) is 7.79. The Hall–Kier alpha value is 0.610. The zero-order valence-electron chi connectivity index (χ0n) is 16.2. The molecule has 0 aliphatic heterocycles. The molecule has 0 aromatic heterocycles. The van der Waals surface area contributed by atoms with Crippen LogP contribution in [0.1, 0.15) is 52.4 Å². The van der Waals surface area contributed by atoms with Gasteiger partial charge in [0.2, 0.25) is 0 Å². The quantitative estimate of drug-likeness (QED) is 0.223. The van der Waals surface area contributed by atoms with Crippen LogP contribution >= 0.6 is 0 Å². The number of ether oxygens (including phenoxy) is 1. The molecule has 0 heterocycles. The predicted molar refractivity (Wildman–Crippen MR) is 93.6 cm³/mol. The molecule has 0 N–H and O–H groups in total. The summed E-state index contributed by atoms with van der Waals surface area (Å²) < 4.78 is 8.08. The average molecular weight is 429 g/mol. The third-order valence-electron chi connectivity index (χ3n) is 4.26. The average Bonchev–Trinajstić information content (AvgIpc) is 2.36. The molecule has 0 aromatic carbocycles. The van der Waals surface area contributed by atoms with Crippen LogP contribution in [0.3, 0.4) is 0 Å². The predicted octanol–water partition coefficient (Wildman–Crippen LogP) is 0.540. The summed E-state index contributed by atoms with van der Waals surface area (Å²) in [6.45, 7) is 11.5.